The van der Waals surface area contributed by atoms with Crippen molar-refractivity contribution in [2.24, 2.45) is 5.92 Å². The fourth-order valence-corrected chi connectivity index (χ4v) is 2.39. The quantitative estimate of drug-likeness (QED) is 0.705. The topological polar surface area (TPSA) is 79.3 Å². The first kappa shape index (κ1) is 19.3. The third kappa shape index (κ3) is 6.89. The number of hydrogen-bond acceptors (Lipinski definition) is 4. The van der Waals surface area contributed by atoms with E-state index in [0.29, 0.717) is 19.0 Å². The third-order valence-electron chi connectivity index (χ3n) is 2.95. The van der Waals surface area contributed by atoms with Gasteiger partial charge < -0.3 is 10.4 Å². The van der Waals surface area contributed by atoms with Crippen LogP contribution < -0.4 is 5.32 Å². The molecule has 0 saturated heterocycles. The Morgan fingerprint density at radius 3 is 2.57 bits per heavy atom. The SMILES string of the molecule is CCCC(CNC(=O)CSc1ccc(C(F)(F)F)cn1)C(=O)O. The average molecular weight is 350 g/mol. The minimum Gasteiger partial charge on any atom is -0.481 e. The lowest BCUT2D eigenvalue weighted by atomic mass is 10.0. The highest BCUT2D eigenvalue weighted by atomic mass is 32.2. The largest absolute Gasteiger partial charge is 0.481 e. The highest BCUT2D eigenvalue weighted by molar-refractivity contribution is 7.99. The lowest BCUT2D eigenvalue weighted by Gasteiger charge is -2.12. The van der Waals surface area contributed by atoms with Crippen molar-refractivity contribution >= 4 is 23.6 Å². The molecule has 1 atom stereocenters. The number of carbonyl (C=O) groups excluding carboxylic acids is 1. The summed E-state index contributed by atoms with van der Waals surface area (Å²) in [6, 6.07) is 2.09. The first-order valence-corrected chi connectivity index (χ1v) is 7.88. The van der Waals surface area contributed by atoms with Crippen molar-refractivity contribution in [1.29, 1.82) is 0 Å². The molecule has 128 valence electrons. The molecular formula is C14H17F3N2O3S. The predicted molar refractivity (Wildman–Crippen MR) is 79.0 cm³/mol. The van der Waals surface area contributed by atoms with Crippen molar-refractivity contribution in [2.45, 2.75) is 31.0 Å². The van der Waals surface area contributed by atoms with E-state index in [4.69, 9.17) is 5.11 Å². The smallest absolute Gasteiger partial charge is 0.417 e. The predicted octanol–water partition coefficient (Wildman–Crippen LogP) is 2.81. The molecule has 5 nitrogen and oxygen atoms in total. The zero-order valence-corrected chi connectivity index (χ0v) is 13.2. The molecule has 0 aliphatic carbocycles. The fraction of sp³-hybridized carbons (Fsp3) is 0.500. The summed E-state index contributed by atoms with van der Waals surface area (Å²) in [5, 5.41) is 11.8. The van der Waals surface area contributed by atoms with E-state index in [1.165, 1.54) is 6.07 Å². The van der Waals surface area contributed by atoms with E-state index in [2.05, 4.69) is 10.3 Å². The second-order valence-corrected chi connectivity index (χ2v) is 5.80. The Balaban J connectivity index is 2.42. The molecule has 0 bridgehead atoms. The second kappa shape index (κ2) is 8.76. The van der Waals surface area contributed by atoms with Crippen molar-refractivity contribution in [2.75, 3.05) is 12.3 Å². The number of halogens is 3. The molecule has 1 aromatic heterocycles. The van der Waals surface area contributed by atoms with Gasteiger partial charge in [0.25, 0.3) is 0 Å². The molecule has 0 fully saturated rings. The van der Waals surface area contributed by atoms with Gasteiger partial charge in [-0.2, -0.15) is 13.2 Å². The Morgan fingerprint density at radius 1 is 1.39 bits per heavy atom. The molecule has 0 saturated carbocycles. The van der Waals surface area contributed by atoms with Gasteiger partial charge in [-0.1, -0.05) is 25.1 Å². The highest BCUT2D eigenvalue weighted by Crippen LogP contribution is 2.29. The van der Waals surface area contributed by atoms with Gasteiger partial charge in [-0.05, 0) is 18.6 Å². The number of nitrogens with zero attached hydrogens (tertiary/aromatic N) is 1. The minimum absolute atomic E-state index is 0.0308. The summed E-state index contributed by atoms with van der Waals surface area (Å²) in [5.41, 5.74) is -0.852. The Bertz CT molecular complexity index is 535. The van der Waals surface area contributed by atoms with Gasteiger partial charge >= 0.3 is 12.1 Å². The van der Waals surface area contributed by atoms with Gasteiger partial charge in [0.05, 0.1) is 22.3 Å². The van der Waals surface area contributed by atoms with Crippen LogP contribution in [0.15, 0.2) is 23.4 Å². The molecule has 0 aromatic carbocycles. The Kier molecular flexibility index (Phi) is 7.34. The number of carbonyl (C=O) groups is 2. The van der Waals surface area contributed by atoms with Gasteiger partial charge in [0, 0.05) is 12.7 Å². The molecule has 0 radical (unpaired) electrons. The van der Waals surface area contributed by atoms with E-state index in [1.807, 2.05) is 6.92 Å². The van der Waals surface area contributed by atoms with Crippen LogP contribution in [0.5, 0.6) is 0 Å². The molecular weight excluding hydrogens is 333 g/mol. The monoisotopic (exact) mass is 350 g/mol. The van der Waals surface area contributed by atoms with Gasteiger partial charge in [-0.25, -0.2) is 4.98 Å². The molecule has 1 amide bonds. The van der Waals surface area contributed by atoms with Gasteiger partial charge in [0.15, 0.2) is 0 Å². The number of carboxylic acid groups (broad SMARTS) is 1. The van der Waals surface area contributed by atoms with Crippen molar-refractivity contribution in [3.05, 3.63) is 23.9 Å². The maximum Gasteiger partial charge on any atom is 0.417 e. The van der Waals surface area contributed by atoms with Gasteiger partial charge in [-0.3, -0.25) is 9.59 Å². The number of pyridine rings is 1. The molecule has 1 aromatic rings. The summed E-state index contributed by atoms with van der Waals surface area (Å²) in [5.74, 6) is -2.04. The normalized spacial score (nSPS) is 12.7. The van der Waals surface area contributed by atoms with Crippen LogP contribution in [0.25, 0.3) is 0 Å². The number of thioether (sulfide) groups is 1. The molecule has 0 aliphatic rings. The minimum atomic E-state index is -4.45. The van der Waals surface area contributed by atoms with Crippen LogP contribution in [0.1, 0.15) is 25.3 Å². The summed E-state index contributed by atoms with van der Waals surface area (Å²) < 4.78 is 37.1. The highest BCUT2D eigenvalue weighted by Gasteiger charge is 2.30. The summed E-state index contributed by atoms with van der Waals surface area (Å²) in [6.45, 7) is 1.88. The van der Waals surface area contributed by atoms with E-state index in [9.17, 15) is 22.8 Å². The number of aromatic nitrogens is 1. The van der Waals surface area contributed by atoms with Crippen LogP contribution in [-0.2, 0) is 15.8 Å². The van der Waals surface area contributed by atoms with Gasteiger partial charge in [0.2, 0.25) is 5.91 Å². The van der Waals surface area contributed by atoms with Gasteiger partial charge in [0.1, 0.15) is 0 Å². The number of hydrogen-bond donors (Lipinski definition) is 2. The zero-order chi connectivity index (χ0) is 17.5. The van der Waals surface area contributed by atoms with Crippen LogP contribution in [-0.4, -0.2) is 34.3 Å². The first-order valence-electron chi connectivity index (χ1n) is 6.89. The molecule has 1 unspecified atom stereocenters. The molecule has 1 rings (SSSR count). The van der Waals surface area contributed by atoms with E-state index < -0.39 is 23.6 Å². The van der Waals surface area contributed by atoms with E-state index >= 15 is 0 Å². The summed E-state index contributed by atoms with van der Waals surface area (Å²) in [4.78, 5) is 26.2. The van der Waals surface area contributed by atoms with E-state index in [-0.39, 0.29) is 23.2 Å². The number of aliphatic carboxylic acids is 1. The van der Waals surface area contributed by atoms with Crippen molar-refractivity contribution in [3.63, 3.8) is 0 Å². The van der Waals surface area contributed by atoms with Gasteiger partial charge in [-0.15, -0.1) is 0 Å². The Labute approximate surface area is 135 Å². The van der Waals surface area contributed by atoms with E-state index in [1.54, 1.807) is 0 Å². The Morgan fingerprint density at radius 2 is 2.09 bits per heavy atom. The van der Waals surface area contributed by atoms with Crippen LogP contribution >= 0.6 is 11.8 Å². The average Bonchev–Trinajstić information content (AvgIpc) is 2.48. The number of carboxylic acids is 1. The summed E-state index contributed by atoms with van der Waals surface area (Å²) >= 11 is 0.983. The van der Waals surface area contributed by atoms with Crippen LogP contribution in [0, 0.1) is 5.92 Å². The van der Waals surface area contributed by atoms with Crippen LogP contribution in [0.3, 0.4) is 0 Å². The zero-order valence-electron chi connectivity index (χ0n) is 12.4. The number of rotatable bonds is 8. The van der Waals surface area contributed by atoms with Crippen LogP contribution in [0.2, 0.25) is 0 Å². The van der Waals surface area contributed by atoms with Crippen LogP contribution in [0.4, 0.5) is 13.2 Å². The number of nitrogens with one attached hydrogen (secondary N) is 1. The van der Waals surface area contributed by atoms with E-state index in [0.717, 1.165) is 17.8 Å². The van der Waals surface area contributed by atoms with Crippen molar-refractivity contribution < 1.29 is 27.9 Å². The van der Waals surface area contributed by atoms with Crippen molar-refractivity contribution in [1.82, 2.24) is 10.3 Å². The number of amides is 1. The Hall–Kier alpha value is -1.77. The maximum absolute atomic E-state index is 12.4. The molecule has 0 spiro atoms. The summed E-state index contributed by atoms with van der Waals surface area (Å²) in [7, 11) is 0. The molecule has 0 aliphatic heterocycles. The van der Waals surface area contributed by atoms with Crippen molar-refractivity contribution in [3.8, 4) is 0 Å². The molecule has 23 heavy (non-hydrogen) atoms. The second-order valence-electron chi connectivity index (χ2n) is 4.80. The third-order valence-corrected chi connectivity index (χ3v) is 3.89. The number of alkyl halides is 3. The molecule has 9 heteroatoms. The first-order chi connectivity index (χ1) is 10.7. The summed E-state index contributed by atoms with van der Waals surface area (Å²) in [6.07, 6.45) is -2.58. The lowest BCUT2D eigenvalue weighted by Crippen LogP contribution is -2.33. The molecule has 2 N–H and O–H groups in total. The standard InChI is InChI=1S/C14H17F3N2O3S/c1-2-3-9(13(21)22)6-18-11(20)8-23-12-5-4-10(7-19-12)14(15,16)17/h4-5,7,9H,2-3,6,8H2,1H3,(H,18,20)(H,21,22). The maximum atomic E-state index is 12.4. The molecule has 1 heterocycles. The fourth-order valence-electron chi connectivity index (χ4n) is 1.72. The lowest BCUT2D eigenvalue weighted by molar-refractivity contribution is -0.142.